The molecule has 0 spiro atoms. The second-order valence-electron chi connectivity index (χ2n) is 4.89. The minimum Gasteiger partial charge on any atom is -0.294 e. The zero-order chi connectivity index (χ0) is 17.5. The SMILES string of the molecule is N=c1[nH]c(=N)n(-c2cc(F)c(-c3cccnc3)c(C(F)(F)F)c2)[nH]1. The van der Waals surface area contributed by atoms with Crippen LogP contribution in [0, 0.1) is 16.6 Å². The molecule has 0 aliphatic carbocycles. The van der Waals surface area contributed by atoms with Gasteiger partial charge in [0.1, 0.15) is 5.82 Å². The molecule has 3 aromatic rings. The van der Waals surface area contributed by atoms with Crippen molar-refractivity contribution < 1.29 is 17.6 Å². The molecule has 6 nitrogen and oxygen atoms in total. The van der Waals surface area contributed by atoms with Crippen LogP contribution in [0.2, 0.25) is 0 Å². The third kappa shape index (κ3) is 2.73. The molecule has 0 fully saturated rings. The lowest BCUT2D eigenvalue weighted by Gasteiger charge is -2.16. The maximum absolute atomic E-state index is 14.5. The van der Waals surface area contributed by atoms with Gasteiger partial charge in [0, 0.05) is 29.6 Å². The number of alkyl halides is 3. The second-order valence-corrected chi connectivity index (χ2v) is 4.89. The van der Waals surface area contributed by atoms with E-state index in [1.54, 1.807) is 0 Å². The number of aromatic nitrogens is 4. The van der Waals surface area contributed by atoms with E-state index in [4.69, 9.17) is 10.8 Å². The van der Waals surface area contributed by atoms with Gasteiger partial charge in [0.15, 0.2) is 0 Å². The summed E-state index contributed by atoms with van der Waals surface area (Å²) < 4.78 is 55.6. The second kappa shape index (κ2) is 5.48. The molecule has 0 saturated carbocycles. The predicted molar refractivity (Wildman–Crippen MR) is 74.4 cm³/mol. The summed E-state index contributed by atoms with van der Waals surface area (Å²) in [4.78, 5) is 5.98. The molecule has 0 bridgehead atoms. The van der Waals surface area contributed by atoms with Crippen LogP contribution in [0.15, 0.2) is 36.7 Å². The molecule has 2 aromatic heterocycles. The standard InChI is InChI=1S/C14H10F4N6/c15-10-5-8(24-13(20)22-12(19)23-24)4-9(14(16,17)18)11(10)7-2-1-3-21-6-7/h1-6H,(H4,19,20,22,23). The highest BCUT2D eigenvalue weighted by Crippen LogP contribution is 2.39. The predicted octanol–water partition coefficient (Wildman–Crippen LogP) is 2.31. The Morgan fingerprint density at radius 2 is 1.92 bits per heavy atom. The molecule has 1 aromatic carbocycles. The number of rotatable bonds is 2. The number of hydrogen-bond acceptors (Lipinski definition) is 3. The average molecular weight is 338 g/mol. The Balaban J connectivity index is 2.32. The van der Waals surface area contributed by atoms with E-state index in [9.17, 15) is 17.6 Å². The summed E-state index contributed by atoms with van der Waals surface area (Å²) >= 11 is 0. The number of hydrogen-bond donors (Lipinski definition) is 4. The first kappa shape index (κ1) is 15.7. The molecule has 24 heavy (non-hydrogen) atoms. The van der Waals surface area contributed by atoms with Crippen molar-refractivity contribution in [2.45, 2.75) is 6.18 Å². The fourth-order valence-electron chi connectivity index (χ4n) is 2.31. The maximum atomic E-state index is 14.5. The number of nitrogens with one attached hydrogen (secondary N) is 4. The van der Waals surface area contributed by atoms with Crippen molar-refractivity contribution >= 4 is 0 Å². The van der Waals surface area contributed by atoms with E-state index in [1.807, 2.05) is 0 Å². The smallest absolute Gasteiger partial charge is 0.294 e. The highest BCUT2D eigenvalue weighted by Gasteiger charge is 2.36. The average Bonchev–Trinajstić information content (AvgIpc) is 2.85. The fourth-order valence-corrected chi connectivity index (χ4v) is 2.31. The minimum atomic E-state index is -4.81. The van der Waals surface area contributed by atoms with Gasteiger partial charge in [-0.15, -0.1) is 0 Å². The van der Waals surface area contributed by atoms with Crippen LogP contribution in [0.25, 0.3) is 16.8 Å². The van der Waals surface area contributed by atoms with E-state index < -0.39 is 23.1 Å². The van der Waals surface area contributed by atoms with E-state index in [-0.39, 0.29) is 22.5 Å². The van der Waals surface area contributed by atoms with Crippen LogP contribution in [0.1, 0.15) is 5.56 Å². The van der Waals surface area contributed by atoms with E-state index in [0.29, 0.717) is 6.07 Å². The van der Waals surface area contributed by atoms with Gasteiger partial charge in [-0.25, -0.2) is 9.07 Å². The number of nitrogens with zero attached hydrogens (tertiary/aromatic N) is 2. The Hall–Kier alpha value is -3.17. The summed E-state index contributed by atoms with van der Waals surface area (Å²) in [7, 11) is 0. The minimum absolute atomic E-state index is 0.01000. The van der Waals surface area contributed by atoms with E-state index in [0.717, 1.165) is 16.9 Å². The summed E-state index contributed by atoms with van der Waals surface area (Å²) in [6.07, 6.45) is -2.30. The Kier molecular flexibility index (Phi) is 3.59. The molecule has 0 unspecified atom stereocenters. The van der Waals surface area contributed by atoms with Gasteiger partial charge < -0.3 is 0 Å². The van der Waals surface area contributed by atoms with Gasteiger partial charge in [-0.3, -0.25) is 25.9 Å². The van der Waals surface area contributed by atoms with Crippen molar-refractivity contribution in [1.82, 2.24) is 19.7 Å². The summed E-state index contributed by atoms with van der Waals surface area (Å²) in [5, 5.41) is 17.2. The van der Waals surface area contributed by atoms with Crippen molar-refractivity contribution in [3.05, 3.63) is 59.3 Å². The van der Waals surface area contributed by atoms with Crippen LogP contribution in [-0.4, -0.2) is 19.7 Å². The molecule has 0 aliphatic heterocycles. The van der Waals surface area contributed by atoms with Gasteiger partial charge >= 0.3 is 6.18 Å². The topological polar surface area (TPSA) is 97.1 Å². The number of pyridine rings is 1. The van der Waals surface area contributed by atoms with Gasteiger partial charge in [0.25, 0.3) is 0 Å². The van der Waals surface area contributed by atoms with Crippen molar-refractivity contribution in [2.24, 2.45) is 0 Å². The molecular formula is C14H10F4N6. The third-order valence-corrected chi connectivity index (χ3v) is 3.28. The van der Waals surface area contributed by atoms with E-state index in [2.05, 4.69) is 15.1 Å². The zero-order valence-corrected chi connectivity index (χ0v) is 11.9. The summed E-state index contributed by atoms with van der Waals surface area (Å²) in [6.45, 7) is 0. The molecule has 10 heteroatoms. The zero-order valence-electron chi connectivity index (χ0n) is 11.9. The van der Waals surface area contributed by atoms with Gasteiger partial charge in [0.2, 0.25) is 11.2 Å². The first-order chi connectivity index (χ1) is 11.3. The van der Waals surface area contributed by atoms with Crippen molar-refractivity contribution in [3.8, 4) is 16.8 Å². The van der Waals surface area contributed by atoms with Gasteiger partial charge in [0.05, 0.1) is 11.3 Å². The number of aromatic amines is 2. The largest absolute Gasteiger partial charge is 0.417 e. The first-order valence-corrected chi connectivity index (χ1v) is 6.59. The van der Waals surface area contributed by atoms with Crippen molar-refractivity contribution in [1.29, 1.82) is 10.8 Å². The van der Waals surface area contributed by atoms with Crippen LogP contribution in [0.5, 0.6) is 0 Å². The van der Waals surface area contributed by atoms with Crippen LogP contribution >= 0.6 is 0 Å². The lowest BCUT2D eigenvalue weighted by atomic mass is 9.99. The molecular weight excluding hydrogens is 328 g/mol. The fraction of sp³-hybridized carbons (Fsp3) is 0.0714. The molecule has 0 aliphatic rings. The number of halogens is 4. The normalized spacial score (nSPS) is 11.7. The molecule has 3 rings (SSSR count). The Morgan fingerprint density at radius 3 is 2.46 bits per heavy atom. The van der Waals surface area contributed by atoms with Gasteiger partial charge in [-0.1, -0.05) is 6.07 Å². The van der Waals surface area contributed by atoms with Gasteiger partial charge in [-0.2, -0.15) is 13.2 Å². The lowest BCUT2D eigenvalue weighted by molar-refractivity contribution is -0.137. The Morgan fingerprint density at radius 1 is 1.17 bits per heavy atom. The van der Waals surface area contributed by atoms with Crippen LogP contribution in [0.3, 0.4) is 0 Å². The third-order valence-electron chi connectivity index (χ3n) is 3.28. The quantitative estimate of drug-likeness (QED) is 0.530. The molecule has 4 N–H and O–H groups in total. The lowest BCUT2D eigenvalue weighted by Crippen LogP contribution is -2.18. The molecule has 0 atom stereocenters. The van der Waals surface area contributed by atoms with E-state index in [1.165, 1.54) is 18.3 Å². The maximum Gasteiger partial charge on any atom is 0.417 e. The van der Waals surface area contributed by atoms with Crippen LogP contribution in [0.4, 0.5) is 17.6 Å². The summed E-state index contributed by atoms with van der Waals surface area (Å²) in [5.74, 6) is -1.11. The van der Waals surface area contributed by atoms with Crippen molar-refractivity contribution in [3.63, 3.8) is 0 Å². The molecule has 0 radical (unpaired) electrons. The van der Waals surface area contributed by atoms with Crippen LogP contribution < -0.4 is 11.2 Å². The molecule has 0 amide bonds. The summed E-state index contributed by atoms with van der Waals surface area (Å²) in [6, 6.07) is 4.31. The Bertz CT molecular complexity index is 997. The first-order valence-electron chi connectivity index (χ1n) is 6.59. The number of H-pyrrole nitrogens is 2. The molecule has 0 saturated heterocycles. The molecule has 2 heterocycles. The monoisotopic (exact) mass is 338 g/mol. The van der Waals surface area contributed by atoms with Crippen LogP contribution in [-0.2, 0) is 6.18 Å². The van der Waals surface area contributed by atoms with E-state index >= 15 is 0 Å². The highest BCUT2D eigenvalue weighted by molar-refractivity contribution is 5.69. The Labute approximate surface area is 131 Å². The molecule has 124 valence electrons. The number of benzene rings is 1. The van der Waals surface area contributed by atoms with Crippen molar-refractivity contribution in [2.75, 3.05) is 0 Å². The summed E-state index contributed by atoms with van der Waals surface area (Å²) in [5.41, 5.74) is -2.77. The highest BCUT2D eigenvalue weighted by atomic mass is 19.4. The van der Waals surface area contributed by atoms with Gasteiger partial charge in [-0.05, 0) is 12.1 Å².